The Kier molecular flexibility index (Phi) is 4.99. The highest BCUT2D eigenvalue weighted by Crippen LogP contribution is 2.38. The minimum atomic E-state index is -4.30. The molecule has 4 atom stereocenters. The molecule has 1 aliphatic heterocycles. The van der Waals surface area contributed by atoms with Gasteiger partial charge in [0.15, 0.2) is 11.9 Å². The standard InChI is InChI=1S/C11H16N3O8P/c12-9(17)6-10(18)14(3-2-13-6)11-8(16)7(15)5(22-11)1-4-23(19,20)21/h2-3,5,7-8,11,15-16H,1,4H2,(H2,12,17)(H2,19,20,21)/t5-,7-,8-,11-/m1/s1. The van der Waals surface area contributed by atoms with Crippen LogP contribution in [0.15, 0.2) is 17.2 Å². The molecule has 128 valence electrons. The molecule has 2 rings (SSSR count). The first-order valence-corrected chi connectivity index (χ1v) is 8.34. The second kappa shape index (κ2) is 6.48. The molecule has 11 nitrogen and oxygen atoms in total. The predicted octanol–water partition coefficient (Wildman–Crippen LogP) is -2.47. The van der Waals surface area contributed by atoms with E-state index in [1.165, 1.54) is 0 Å². The number of hydrogen-bond acceptors (Lipinski definition) is 7. The van der Waals surface area contributed by atoms with Gasteiger partial charge in [-0.25, -0.2) is 4.98 Å². The van der Waals surface area contributed by atoms with Crippen LogP contribution in [0.5, 0.6) is 0 Å². The van der Waals surface area contributed by atoms with E-state index in [4.69, 9.17) is 20.3 Å². The average molecular weight is 349 g/mol. The molecule has 1 amide bonds. The van der Waals surface area contributed by atoms with Crippen molar-refractivity contribution in [1.82, 2.24) is 9.55 Å². The zero-order chi connectivity index (χ0) is 17.4. The Labute approximate surface area is 129 Å². The third-order valence-electron chi connectivity index (χ3n) is 3.42. The first kappa shape index (κ1) is 17.7. The third-order valence-corrected chi connectivity index (χ3v) is 4.26. The van der Waals surface area contributed by atoms with Gasteiger partial charge in [0.1, 0.15) is 12.2 Å². The summed E-state index contributed by atoms with van der Waals surface area (Å²) < 4.78 is 17.0. The van der Waals surface area contributed by atoms with Gasteiger partial charge in [-0.2, -0.15) is 0 Å². The van der Waals surface area contributed by atoms with Crippen LogP contribution in [0.2, 0.25) is 0 Å². The SMILES string of the molecule is NC(=O)c1nccn([C@@H]2O[C@H](CCP(=O)(O)O)[C@@H](O)[C@H]2O)c1=O. The number of aliphatic hydroxyl groups excluding tert-OH is 2. The van der Waals surface area contributed by atoms with Crippen LogP contribution >= 0.6 is 7.60 Å². The first-order valence-electron chi connectivity index (χ1n) is 6.55. The molecular weight excluding hydrogens is 333 g/mol. The summed E-state index contributed by atoms with van der Waals surface area (Å²) in [7, 11) is -4.30. The molecule has 12 heteroatoms. The van der Waals surface area contributed by atoms with Crippen molar-refractivity contribution in [3.8, 4) is 0 Å². The summed E-state index contributed by atoms with van der Waals surface area (Å²) in [6.45, 7) is 0. The van der Waals surface area contributed by atoms with E-state index >= 15 is 0 Å². The van der Waals surface area contributed by atoms with Gasteiger partial charge < -0.3 is 30.5 Å². The number of nitrogens with two attached hydrogens (primary N) is 1. The van der Waals surface area contributed by atoms with Crippen LogP contribution in [0.25, 0.3) is 0 Å². The topological polar surface area (TPSA) is 185 Å². The number of aliphatic hydroxyl groups is 2. The largest absolute Gasteiger partial charge is 0.388 e. The summed E-state index contributed by atoms with van der Waals surface area (Å²) in [5.74, 6) is -1.06. The van der Waals surface area contributed by atoms with Crippen LogP contribution in [0.1, 0.15) is 23.1 Å². The zero-order valence-corrected chi connectivity index (χ0v) is 12.6. The summed E-state index contributed by atoms with van der Waals surface area (Å²) in [6, 6.07) is 0. The molecule has 1 saturated heterocycles. The molecule has 6 N–H and O–H groups in total. The van der Waals surface area contributed by atoms with Crippen LogP contribution in [0.4, 0.5) is 0 Å². The Bertz CT molecular complexity index is 701. The fraction of sp³-hybridized carbons (Fsp3) is 0.545. The van der Waals surface area contributed by atoms with Crippen molar-refractivity contribution in [2.45, 2.75) is 31.0 Å². The molecule has 0 radical (unpaired) electrons. The maximum atomic E-state index is 12.1. The van der Waals surface area contributed by atoms with E-state index in [-0.39, 0.29) is 6.42 Å². The molecule has 1 aliphatic rings. The van der Waals surface area contributed by atoms with E-state index in [0.717, 1.165) is 17.0 Å². The smallest absolute Gasteiger partial charge is 0.325 e. The van der Waals surface area contributed by atoms with E-state index < -0.39 is 55.5 Å². The van der Waals surface area contributed by atoms with E-state index in [1.54, 1.807) is 0 Å². The van der Waals surface area contributed by atoms with Crippen LogP contribution in [0.3, 0.4) is 0 Å². The quantitative estimate of drug-likeness (QED) is 0.359. The fourth-order valence-corrected chi connectivity index (χ4v) is 2.88. The molecule has 23 heavy (non-hydrogen) atoms. The Morgan fingerprint density at radius 1 is 1.39 bits per heavy atom. The van der Waals surface area contributed by atoms with Crippen molar-refractivity contribution in [2.24, 2.45) is 5.73 Å². The minimum Gasteiger partial charge on any atom is -0.388 e. The van der Waals surface area contributed by atoms with E-state index in [2.05, 4.69) is 4.98 Å². The molecule has 1 aromatic rings. The van der Waals surface area contributed by atoms with Crippen LogP contribution < -0.4 is 11.3 Å². The highest BCUT2D eigenvalue weighted by Gasteiger charge is 2.44. The summed E-state index contributed by atoms with van der Waals surface area (Å²) in [6.07, 6.45) is -3.93. The van der Waals surface area contributed by atoms with Crippen LogP contribution in [-0.2, 0) is 9.30 Å². The summed E-state index contributed by atoms with van der Waals surface area (Å²) in [5.41, 5.74) is 3.54. The number of aromatic nitrogens is 2. The van der Waals surface area contributed by atoms with E-state index in [9.17, 15) is 24.4 Å². The molecule has 1 aromatic heterocycles. The van der Waals surface area contributed by atoms with Crippen LogP contribution in [-0.4, -0.2) is 59.9 Å². The lowest BCUT2D eigenvalue weighted by atomic mass is 10.1. The average Bonchev–Trinajstić information content (AvgIpc) is 2.72. The van der Waals surface area contributed by atoms with Crippen molar-refractivity contribution in [3.05, 3.63) is 28.4 Å². The van der Waals surface area contributed by atoms with Gasteiger partial charge in [-0.05, 0) is 6.42 Å². The Morgan fingerprint density at radius 3 is 2.61 bits per heavy atom. The number of ether oxygens (including phenoxy) is 1. The van der Waals surface area contributed by atoms with Gasteiger partial charge in [0.05, 0.1) is 12.3 Å². The lowest BCUT2D eigenvalue weighted by Gasteiger charge is -2.17. The van der Waals surface area contributed by atoms with E-state index in [1.807, 2.05) is 0 Å². The normalized spacial score (nSPS) is 28.0. The number of amides is 1. The maximum absolute atomic E-state index is 12.1. The molecule has 0 spiro atoms. The van der Waals surface area contributed by atoms with Gasteiger partial charge in [0, 0.05) is 12.4 Å². The summed E-state index contributed by atoms with van der Waals surface area (Å²) in [4.78, 5) is 44.4. The maximum Gasteiger partial charge on any atom is 0.325 e. The zero-order valence-electron chi connectivity index (χ0n) is 11.7. The Hall–Kier alpha value is -1.62. The predicted molar refractivity (Wildman–Crippen MR) is 74.5 cm³/mol. The highest BCUT2D eigenvalue weighted by atomic mass is 31.2. The van der Waals surface area contributed by atoms with Crippen molar-refractivity contribution < 1.29 is 34.1 Å². The number of primary amides is 1. The van der Waals surface area contributed by atoms with Gasteiger partial charge in [0.2, 0.25) is 0 Å². The van der Waals surface area contributed by atoms with Crippen molar-refractivity contribution in [1.29, 1.82) is 0 Å². The number of carbonyl (C=O) groups excluding carboxylic acids is 1. The Balaban J connectivity index is 2.25. The lowest BCUT2D eigenvalue weighted by molar-refractivity contribution is -0.0399. The van der Waals surface area contributed by atoms with Crippen molar-refractivity contribution in [2.75, 3.05) is 6.16 Å². The van der Waals surface area contributed by atoms with E-state index in [0.29, 0.717) is 0 Å². The second-order valence-electron chi connectivity index (χ2n) is 5.08. The minimum absolute atomic E-state index is 0.221. The molecule has 0 unspecified atom stereocenters. The van der Waals surface area contributed by atoms with Gasteiger partial charge in [-0.1, -0.05) is 0 Å². The summed E-state index contributed by atoms with van der Waals surface area (Å²) in [5, 5.41) is 19.9. The molecule has 2 heterocycles. The summed E-state index contributed by atoms with van der Waals surface area (Å²) >= 11 is 0. The number of hydrogen-bond donors (Lipinski definition) is 5. The highest BCUT2D eigenvalue weighted by molar-refractivity contribution is 7.51. The molecule has 0 aromatic carbocycles. The van der Waals surface area contributed by atoms with Crippen molar-refractivity contribution in [3.63, 3.8) is 0 Å². The van der Waals surface area contributed by atoms with Gasteiger partial charge >= 0.3 is 7.60 Å². The van der Waals surface area contributed by atoms with Gasteiger partial charge in [-0.3, -0.25) is 18.7 Å². The fourth-order valence-electron chi connectivity index (χ4n) is 2.29. The number of nitrogens with zero attached hydrogens (tertiary/aromatic N) is 2. The molecular formula is C11H16N3O8P. The Morgan fingerprint density at radius 2 is 2.04 bits per heavy atom. The molecule has 0 aliphatic carbocycles. The third kappa shape index (κ3) is 3.83. The number of carbonyl (C=O) groups is 1. The monoisotopic (exact) mass is 349 g/mol. The number of rotatable bonds is 5. The van der Waals surface area contributed by atoms with Gasteiger partial charge in [-0.15, -0.1) is 0 Å². The van der Waals surface area contributed by atoms with Crippen LogP contribution in [0, 0.1) is 0 Å². The molecule has 0 saturated carbocycles. The van der Waals surface area contributed by atoms with Gasteiger partial charge in [0.25, 0.3) is 11.5 Å². The van der Waals surface area contributed by atoms with Crippen molar-refractivity contribution >= 4 is 13.5 Å². The first-order chi connectivity index (χ1) is 10.6. The molecule has 0 bridgehead atoms. The second-order valence-corrected chi connectivity index (χ2v) is 6.85. The lowest BCUT2D eigenvalue weighted by Crippen LogP contribution is -2.37. The molecule has 1 fully saturated rings.